The number of aliphatic hydroxyl groups excluding tert-OH is 1. The third kappa shape index (κ3) is 13.2. The van der Waals surface area contributed by atoms with Crippen LogP contribution in [0.1, 0.15) is 106 Å². The lowest BCUT2D eigenvalue weighted by Gasteiger charge is -2.35. The second-order valence-electron chi connectivity index (χ2n) is 21.3. The summed E-state index contributed by atoms with van der Waals surface area (Å²) >= 11 is 0. The van der Waals surface area contributed by atoms with Crippen molar-refractivity contribution in [3.8, 4) is 28.0 Å². The van der Waals surface area contributed by atoms with Gasteiger partial charge in [-0.1, -0.05) is 89.6 Å². The van der Waals surface area contributed by atoms with Gasteiger partial charge in [-0.25, -0.2) is 26.6 Å². The maximum absolute atomic E-state index is 15.5. The number of anilines is 2. The van der Waals surface area contributed by atoms with Crippen LogP contribution in [-0.2, 0) is 43.6 Å². The maximum Gasteiger partial charge on any atom is 0.275 e. The standard InChI is InChI=1S/C57H65F3N8O9S/c1-57(2,3)51(56(74)68-31-38(69)26-47(68)54(72)65-77-39-21-19-34(20-22-39)40-16-13-14-17-44(40)59)64-48(70)18-12-10-8-6-7-9-11-15-23-61-53(71)41-27-46-42(24-35(41)33-78(5,75)76)43-32-66(4)55(73)50-49(43)36(28-62-50)30-67(46)52-45(60)25-37(58)29-63-52/h13-14,16-17,19-22,24-25,27-29,32,38,47,51,62,69H,6-12,15,18,23,26,30-31,33H2,1-5H3,(H,61,71)(H,64,70)(H,65,72)/t38-,47+,51-/m1/s1. The number of hydroxylamine groups is 1. The molecule has 0 unspecified atom stereocenters. The molecule has 0 spiro atoms. The highest BCUT2D eigenvalue weighted by Gasteiger charge is 2.45. The number of halogens is 3. The monoisotopic (exact) mass is 1090 g/mol. The Bertz CT molecular complexity index is 3400. The quantitative estimate of drug-likeness (QED) is 0.0342. The number of nitrogens with one attached hydrogen (secondary N) is 4. The highest BCUT2D eigenvalue weighted by atomic mass is 32.2. The number of H-pyrrole nitrogens is 1. The van der Waals surface area contributed by atoms with E-state index < -0.39 is 68.5 Å². The Hall–Kier alpha value is -7.52. The molecule has 4 amide bonds. The van der Waals surface area contributed by atoms with Crippen molar-refractivity contribution in [2.75, 3.05) is 24.2 Å². The first-order valence-electron chi connectivity index (χ1n) is 26.1. The fraction of sp³-hybridized carbons (Fsp3) is 0.404. The molecule has 0 saturated carbocycles. The molecular weight excluding hydrogens is 1030 g/mol. The van der Waals surface area contributed by atoms with E-state index in [-0.39, 0.29) is 71.4 Å². The number of fused-ring (bicyclic) bond motifs is 2. The van der Waals surface area contributed by atoms with E-state index in [9.17, 15) is 46.3 Å². The van der Waals surface area contributed by atoms with Gasteiger partial charge in [-0.2, -0.15) is 5.48 Å². The van der Waals surface area contributed by atoms with Gasteiger partial charge in [0.15, 0.2) is 27.2 Å². The van der Waals surface area contributed by atoms with Crippen LogP contribution in [0.2, 0.25) is 0 Å². The molecule has 0 radical (unpaired) electrons. The summed E-state index contributed by atoms with van der Waals surface area (Å²) in [7, 11) is -2.10. The number of hydrogen-bond acceptors (Lipinski definition) is 11. The number of pyridine rings is 2. The molecule has 3 aromatic carbocycles. The van der Waals surface area contributed by atoms with Crippen molar-refractivity contribution >= 4 is 55.9 Å². The molecule has 0 bridgehead atoms. The van der Waals surface area contributed by atoms with Gasteiger partial charge in [0, 0.05) is 85.3 Å². The predicted octanol–water partition coefficient (Wildman–Crippen LogP) is 8.05. The van der Waals surface area contributed by atoms with Crippen LogP contribution in [0, 0.1) is 22.9 Å². The summed E-state index contributed by atoms with van der Waals surface area (Å²) in [5.41, 5.74) is 4.80. The van der Waals surface area contributed by atoms with Gasteiger partial charge in [-0.15, -0.1) is 0 Å². The number of likely N-dealkylation sites (tertiary alicyclic amines) is 1. The van der Waals surface area contributed by atoms with Gasteiger partial charge in [0.1, 0.15) is 29.2 Å². The lowest BCUT2D eigenvalue weighted by Crippen LogP contribution is -2.58. The summed E-state index contributed by atoms with van der Waals surface area (Å²) in [6.45, 7) is 5.62. The number of β-amino-alcohol motifs (C(OH)–C–C–N with tert-alkyl or cyclic N) is 1. The predicted molar refractivity (Wildman–Crippen MR) is 290 cm³/mol. The molecule has 5 N–H and O–H groups in total. The largest absolute Gasteiger partial charge is 0.391 e. The summed E-state index contributed by atoms with van der Waals surface area (Å²) in [4.78, 5) is 83.2. The van der Waals surface area contributed by atoms with E-state index in [1.807, 2.05) is 20.8 Å². The number of carbonyl (C=O) groups is 4. The van der Waals surface area contributed by atoms with Gasteiger partial charge in [0.2, 0.25) is 11.8 Å². The van der Waals surface area contributed by atoms with Crippen LogP contribution in [0.4, 0.5) is 24.7 Å². The Kier molecular flexibility index (Phi) is 17.5. The molecule has 17 nitrogen and oxygen atoms in total. The van der Waals surface area contributed by atoms with Crippen molar-refractivity contribution in [3.63, 3.8) is 0 Å². The van der Waals surface area contributed by atoms with Crippen LogP contribution in [0.25, 0.3) is 33.2 Å². The van der Waals surface area contributed by atoms with E-state index in [0.29, 0.717) is 64.3 Å². The summed E-state index contributed by atoms with van der Waals surface area (Å²) in [5, 5.41) is 16.9. The first-order valence-corrected chi connectivity index (χ1v) is 28.1. The average Bonchev–Trinajstić information content (AvgIpc) is 4.10. The normalized spacial score (nSPS) is 15.7. The number of hydrogen-bond donors (Lipinski definition) is 5. The van der Waals surface area contributed by atoms with Gasteiger partial charge in [-0.05, 0) is 65.3 Å². The molecule has 6 aromatic rings. The molecule has 1 saturated heterocycles. The zero-order chi connectivity index (χ0) is 56.1. The fourth-order valence-corrected chi connectivity index (χ4v) is 11.0. The summed E-state index contributed by atoms with van der Waals surface area (Å²) in [6, 6.07) is 14.5. The van der Waals surface area contributed by atoms with Crippen LogP contribution in [0.15, 0.2) is 90.1 Å². The van der Waals surface area contributed by atoms with Crippen molar-refractivity contribution in [1.29, 1.82) is 0 Å². The number of unbranched alkanes of at least 4 members (excludes halogenated alkanes) is 7. The third-order valence-corrected chi connectivity index (χ3v) is 15.0. The van der Waals surface area contributed by atoms with Gasteiger partial charge < -0.3 is 39.9 Å². The fourth-order valence-electron chi connectivity index (χ4n) is 10.2. The summed E-state index contributed by atoms with van der Waals surface area (Å²) in [5.74, 6) is -4.63. The van der Waals surface area contributed by atoms with Crippen molar-refractivity contribution in [2.24, 2.45) is 12.5 Å². The lowest BCUT2D eigenvalue weighted by atomic mass is 9.85. The van der Waals surface area contributed by atoms with Crippen molar-refractivity contribution < 1.29 is 50.7 Å². The number of rotatable bonds is 21. The Morgan fingerprint density at radius 1 is 0.897 bits per heavy atom. The van der Waals surface area contributed by atoms with Gasteiger partial charge in [0.25, 0.3) is 17.4 Å². The lowest BCUT2D eigenvalue weighted by molar-refractivity contribution is -0.145. The zero-order valence-corrected chi connectivity index (χ0v) is 45.1. The van der Waals surface area contributed by atoms with Crippen molar-refractivity contribution in [1.82, 2.24) is 35.5 Å². The Morgan fingerprint density at radius 2 is 1.59 bits per heavy atom. The number of benzene rings is 3. The van der Waals surface area contributed by atoms with Crippen LogP contribution < -0.4 is 31.4 Å². The highest BCUT2D eigenvalue weighted by molar-refractivity contribution is 7.89. The van der Waals surface area contributed by atoms with Gasteiger partial charge in [-0.3, -0.25) is 24.0 Å². The van der Waals surface area contributed by atoms with Crippen LogP contribution in [-0.4, -0.2) is 94.1 Å². The number of sulfone groups is 1. The molecular formula is C57H65F3N8O9S. The summed E-state index contributed by atoms with van der Waals surface area (Å²) < 4.78 is 70.9. The number of aliphatic hydroxyl groups is 1. The minimum atomic E-state index is -3.68. The third-order valence-electron chi connectivity index (χ3n) is 14.1. The Labute approximate surface area is 450 Å². The molecule has 21 heteroatoms. The molecule has 2 aliphatic rings. The number of nitrogens with zero attached hydrogens (tertiary/aromatic N) is 4. The molecule has 1 fully saturated rings. The molecule has 78 heavy (non-hydrogen) atoms. The van der Waals surface area contributed by atoms with E-state index in [4.69, 9.17) is 4.84 Å². The molecule has 3 atom stereocenters. The van der Waals surface area contributed by atoms with Crippen LogP contribution in [0.3, 0.4) is 0 Å². The maximum atomic E-state index is 15.5. The number of amides is 4. The van der Waals surface area contributed by atoms with E-state index in [2.05, 4.69) is 26.1 Å². The van der Waals surface area contributed by atoms with E-state index >= 15 is 4.39 Å². The van der Waals surface area contributed by atoms with Crippen molar-refractivity contribution in [3.05, 3.63) is 130 Å². The number of aryl methyl sites for hydroxylation is 1. The molecule has 414 valence electrons. The second kappa shape index (κ2) is 24.0. The number of carbonyl (C=O) groups excluding carboxylic acids is 4. The number of aromatic amines is 1. The SMILES string of the molecule is Cn1cc2c3c(c[nH]c3c1=O)CN(c1ncc(F)cc1F)c1cc(C(=O)NCCCCCCCCCCC(=O)N[C@H](C(=O)N3C[C@H](O)C[C@H]3C(=O)NOc3ccc(-c4ccccc4F)cc3)C(C)(C)C)c(CS(C)(=O)=O)cc1-2. The average molecular weight is 1100 g/mol. The first-order chi connectivity index (χ1) is 37.1. The minimum absolute atomic E-state index is 0.0139. The second-order valence-corrected chi connectivity index (χ2v) is 23.5. The summed E-state index contributed by atoms with van der Waals surface area (Å²) in [6.07, 6.45) is 10.8. The molecule has 8 rings (SSSR count). The van der Waals surface area contributed by atoms with Crippen molar-refractivity contribution in [2.45, 2.75) is 115 Å². The smallest absolute Gasteiger partial charge is 0.275 e. The van der Waals surface area contributed by atoms with Gasteiger partial charge in [0.05, 0.1) is 30.3 Å². The minimum Gasteiger partial charge on any atom is -0.391 e. The Balaban J connectivity index is 0.794. The topological polar surface area (TPSA) is 225 Å². The van der Waals surface area contributed by atoms with Crippen LogP contribution >= 0.6 is 0 Å². The Morgan fingerprint density at radius 3 is 2.27 bits per heavy atom. The van der Waals surface area contributed by atoms with E-state index in [0.717, 1.165) is 51.0 Å². The van der Waals surface area contributed by atoms with Gasteiger partial charge >= 0.3 is 0 Å². The molecule has 2 aliphatic heterocycles. The van der Waals surface area contributed by atoms with E-state index in [1.54, 1.807) is 68.0 Å². The first kappa shape index (κ1) is 56.7. The zero-order valence-electron chi connectivity index (χ0n) is 44.3. The molecule has 3 aromatic heterocycles. The molecule has 0 aliphatic carbocycles. The molecule has 5 heterocycles. The number of aromatic nitrogens is 3. The van der Waals surface area contributed by atoms with E-state index in [1.165, 1.54) is 26.5 Å². The highest BCUT2D eigenvalue weighted by Crippen LogP contribution is 2.45. The van der Waals surface area contributed by atoms with Crippen LogP contribution in [0.5, 0.6) is 5.75 Å².